The van der Waals surface area contributed by atoms with Crippen molar-refractivity contribution in [1.82, 2.24) is 20.1 Å². The maximum atomic E-state index is 15.9. The fraction of sp³-hybridized carbons (Fsp3) is 0.444. The summed E-state index contributed by atoms with van der Waals surface area (Å²) in [4.78, 5) is 53.6. The SMILES string of the molecule is COc1c(N2CC[C@@H]([C@H](C)NCC3=C(C(=O)O)N4C[C@@H](NC(=O)COc5ccccc5)[C@H]4SC3)C2)c(F)cc2c(=O)c(C(=O)O)cn(C3CC3)c12. The maximum Gasteiger partial charge on any atom is 0.352 e. The highest BCUT2D eigenvalue weighted by Gasteiger charge is 2.46. The number of para-hydroxylation sites is 1. The number of carboxylic acid groups (broad SMARTS) is 2. The number of halogens is 1. The number of benzene rings is 2. The van der Waals surface area contributed by atoms with Crippen molar-refractivity contribution >= 4 is 46.2 Å². The van der Waals surface area contributed by atoms with Crippen LogP contribution in [0.4, 0.5) is 10.1 Å². The minimum atomic E-state index is -1.36. The molecule has 0 spiro atoms. The lowest BCUT2D eigenvalue weighted by atomic mass is 9.99. The lowest BCUT2D eigenvalue weighted by Crippen LogP contribution is -2.67. The molecule has 15 heteroatoms. The van der Waals surface area contributed by atoms with Gasteiger partial charge in [0, 0.05) is 50.2 Å². The second kappa shape index (κ2) is 14.1. The van der Waals surface area contributed by atoms with Crippen LogP contribution in [-0.4, -0.2) is 101 Å². The number of aromatic carboxylic acids is 1. The third kappa shape index (κ3) is 6.71. The first kappa shape index (κ1) is 34.7. The maximum absolute atomic E-state index is 15.9. The lowest BCUT2D eigenvalue weighted by molar-refractivity contribution is -0.135. The van der Waals surface area contributed by atoms with Crippen molar-refractivity contribution in [2.24, 2.45) is 5.92 Å². The van der Waals surface area contributed by atoms with Gasteiger partial charge in [-0.2, -0.15) is 0 Å². The third-order valence-corrected chi connectivity index (χ3v) is 11.7. The monoisotopic (exact) mass is 721 g/mol. The summed E-state index contributed by atoms with van der Waals surface area (Å²) in [6.45, 7) is 3.70. The number of pyridine rings is 1. The van der Waals surface area contributed by atoms with Crippen LogP contribution in [0.25, 0.3) is 10.9 Å². The van der Waals surface area contributed by atoms with E-state index >= 15 is 4.39 Å². The number of nitrogens with one attached hydrogen (secondary N) is 2. The zero-order valence-corrected chi connectivity index (χ0v) is 29.1. The number of hydrogen-bond acceptors (Lipinski definition) is 10. The molecule has 0 unspecified atom stereocenters. The topological polar surface area (TPSA) is 163 Å². The molecule has 1 saturated carbocycles. The van der Waals surface area contributed by atoms with Gasteiger partial charge in [-0.3, -0.25) is 9.59 Å². The third-order valence-electron chi connectivity index (χ3n) is 10.2. The minimum absolute atomic E-state index is 0.00705. The number of aromatic nitrogens is 1. The van der Waals surface area contributed by atoms with Crippen LogP contribution in [0.2, 0.25) is 0 Å². The molecule has 1 amide bonds. The molecule has 1 aromatic heterocycles. The second-order valence-corrected chi connectivity index (χ2v) is 14.6. The smallest absolute Gasteiger partial charge is 0.352 e. The van der Waals surface area contributed by atoms with Crippen molar-refractivity contribution in [2.45, 2.75) is 49.7 Å². The Labute approximate surface area is 297 Å². The molecule has 13 nitrogen and oxygen atoms in total. The molecule has 2 aromatic carbocycles. The number of nitrogens with zero attached hydrogens (tertiary/aromatic N) is 3. The zero-order chi connectivity index (χ0) is 36.0. The van der Waals surface area contributed by atoms with Crippen molar-refractivity contribution < 1.29 is 38.5 Å². The number of methoxy groups -OCH3 is 1. The van der Waals surface area contributed by atoms with Gasteiger partial charge in [0.25, 0.3) is 5.91 Å². The Morgan fingerprint density at radius 1 is 1.10 bits per heavy atom. The lowest BCUT2D eigenvalue weighted by Gasteiger charge is -2.52. The van der Waals surface area contributed by atoms with Gasteiger partial charge in [-0.05, 0) is 55.9 Å². The number of amides is 1. The molecule has 3 aromatic rings. The molecule has 4 heterocycles. The van der Waals surface area contributed by atoms with E-state index in [2.05, 4.69) is 10.6 Å². The first-order chi connectivity index (χ1) is 24.5. The van der Waals surface area contributed by atoms with E-state index in [1.807, 2.05) is 34.9 Å². The predicted octanol–water partition coefficient (Wildman–Crippen LogP) is 3.28. The van der Waals surface area contributed by atoms with Gasteiger partial charge in [0.1, 0.15) is 22.7 Å². The molecule has 3 fully saturated rings. The summed E-state index contributed by atoms with van der Waals surface area (Å²) in [6, 6.07) is 9.97. The van der Waals surface area contributed by atoms with Crippen LogP contribution in [0.1, 0.15) is 42.6 Å². The fourth-order valence-electron chi connectivity index (χ4n) is 7.38. The van der Waals surface area contributed by atoms with E-state index in [1.165, 1.54) is 13.3 Å². The van der Waals surface area contributed by atoms with E-state index in [0.717, 1.165) is 30.9 Å². The average Bonchev–Trinajstić information content (AvgIpc) is 3.84. The predicted molar refractivity (Wildman–Crippen MR) is 189 cm³/mol. The van der Waals surface area contributed by atoms with Crippen LogP contribution < -0.4 is 30.4 Å². The normalized spacial score (nSPS) is 22.0. The molecule has 3 aliphatic heterocycles. The largest absolute Gasteiger partial charge is 0.492 e. The van der Waals surface area contributed by atoms with Gasteiger partial charge in [-0.1, -0.05) is 18.2 Å². The van der Waals surface area contributed by atoms with Gasteiger partial charge in [0.05, 0.1) is 29.4 Å². The Hall–Kier alpha value is -4.76. The highest BCUT2D eigenvalue weighted by atomic mass is 32.2. The molecule has 51 heavy (non-hydrogen) atoms. The first-order valence-corrected chi connectivity index (χ1v) is 18.1. The Morgan fingerprint density at radius 3 is 2.55 bits per heavy atom. The molecule has 4 N–H and O–H groups in total. The highest BCUT2D eigenvalue weighted by molar-refractivity contribution is 8.00. The quantitative estimate of drug-likeness (QED) is 0.204. The number of carbonyl (C=O) groups is 3. The van der Waals surface area contributed by atoms with Gasteiger partial charge in [-0.15, -0.1) is 11.8 Å². The summed E-state index contributed by atoms with van der Waals surface area (Å²) in [7, 11) is 1.43. The second-order valence-electron chi connectivity index (χ2n) is 13.5. The number of rotatable bonds is 13. The summed E-state index contributed by atoms with van der Waals surface area (Å²) in [5.74, 6) is -1.87. The number of hydrogen-bond donors (Lipinski definition) is 4. The fourth-order valence-corrected chi connectivity index (χ4v) is 8.75. The summed E-state index contributed by atoms with van der Waals surface area (Å²) >= 11 is 1.59. The van der Waals surface area contributed by atoms with Crippen molar-refractivity contribution in [3.8, 4) is 11.5 Å². The van der Waals surface area contributed by atoms with Crippen molar-refractivity contribution in [2.75, 3.05) is 50.5 Å². The zero-order valence-electron chi connectivity index (χ0n) is 28.3. The van der Waals surface area contributed by atoms with Crippen LogP contribution in [-0.2, 0) is 9.59 Å². The van der Waals surface area contributed by atoms with E-state index < -0.39 is 28.7 Å². The van der Waals surface area contributed by atoms with E-state index in [1.54, 1.807) is 28.5 Å². The molecular weight excluding hydrogens is 681 g/mol. The Bertz CT molecular complexity index is 1970. The number of ether oxygens (including phenoxy) is 2. The number of thioether (sulfide) groups is 1. The molecule has 270 valence electrons. The molecule has 7 rings (SSSR count). The number of aliphatic carboxylic acids is 1. The molecule has 4 aliphatic rings. The molecule has 2 saturated heterocycles. The van der Waals surface area contributed by atoms with Crippen molar-refractivity contribution in [3.63, 3.8) is 0 Å². The molecule has 0 radical (unpaired) electrons. The van der Waals surface area contributed by atoms with Gasteiger partial charge >= 0.3 is 11.9 Å². The summed E-state index contributed by atoms with van der Waals surface area (Å²) in [6.07, 6.45) is 3.73. The summed E-state index contributed by atoms with van der Waals surface area (Å²) in [5, 5.41) is 26.1. The van der Waals surface area contributed by atoms with E-state index in [4.69, 9.17) is 9.47 Å². The average molecular weight is 722 g/mol. The molecule has 1 aliphatic carbocycles. The van der Waals surface area contributed by atoms with Crippen molar-refractivity contribution in [1.29, 1.82) is 0 Å². The van der Waals surface area contributed by atoms with Crippen LogP contribution >= 0.6 is 11.8 Å². The van der Waals surface area contributed by atoms with Crippen LogP contribution in [0, 0.1) is 11.7 Å². The van der Waals surface area contributed by atoms with Crippen LogP contribution in [0.15, 0.2) is 58.7 Å². The van der Waals surface area contributed by atoms with E-state index in [0.29, 0.717) is 43.2 Å². The Balaban J connectivity index is 1.00. The van der Waals surface area contributed by atoms with E-state index in [-0.39, 0.29) is 64.5 Å². The Morgan fingerprint density at radius 2 is 1.86 bits per heavy atom. The van der Waals surface area contributed by atoms with Gasteiger partial charge in [0.15, 0.2) is 18.2 Å². The summed E-state index contributed by atoms with van der Waals surface area (Å²) < 4.78 is 28.9. The highest BCUT2D eigenvalue weighted by Crippen LogP contribution is 2.45. The van der Waals surface area contributed by atoms with E-state index in [9.17, 15) is 29.4 Å². The molecule has 0 bridgehead atoms. The van der Waals surface area contributed by atoms with Gasteiger partial charge in [0.2, 0.25) is 5.43 Å². The number of carboxylic acids is 2. The molecular formula is C36H40FN5O8S. The van der Waals surface area contributed by atoms with Crippen LogP contribution in [0.5, 0.6) is 11.5 Å². The standard InChI is InChI=1S/C36H40FN5O8S/c1-19(38-13-21-18-51-34-27(16-42(34)29(21)36(47)48)39-28(43)17-50-23-6-4-3-5-7-23)20-10-11-40(14-20)31-26(37)12-24-30(33(31)49-2)41(22-8-9-22)15-25(32(24)44)35(45)46/h3-7,12,15,19-20,22,27,34,38H,8-11,13-14,16-18H2,1-2H3,(H,39,43)(H,45,46)(H,47,48)/t19-,20+,27+,34+/m0/s1. The summed E-state index contributed by atoms with van der Waals surface area (Å²) in [5.41, 5.74) is 0.522. The van der Waals surface area contributed by atoms with Crippen molar-refractivity contribution in [3.05, 3.63) is 75.5 Å². The Kier molecular flexibility index (Phi) is 9.59. The van der Waals surface area contributed by atoms with Gasteiger partial charge < -0.3 is 44.7 Å². The number of fused-ring (bicyclic) bond motifs is 2. The van der Waals surface area contributed by atoms with Gasteiger partial charge in [-0.25, -0.2) is 14.0 Å². The number of carbonyl (C=O) groups excluding carboxylic acids is 1. The first-order valence-electron chi connectivity index (χ1n) is 17.0. The molecule has 4 atom stereocenters. The van der Waals surface area contributed by atoms with Crippen LogP contribution in [0.3, 0.4) is 0 Å². The minimum Gasteiger partial charge on any atom is -0.492 e. The number of anilines is 1.